The number of halogens is 2. The maximum atomic E-state index is 14.3. The highest BCUT2D eigenvalue weighted by Crippen LogP contribution is 2.37. The van der Waals surface area contributed by atoms with E-state index in [2.05, 4.69) is 35.9 Å². The Bertz CT molecular complexity index is 2440. The highest BCUT2D eigenvalue weighted by atomic mass is 19.3. The SMILES string of the molecule is O=C1CCC(N2C(=O)c3cccc(NCCCOCC4CN(CC5CCC(n6cc(NC(=O)c7cnn8ccc(N9C[C@H]%10C[C@@H]9CO%10)nc78)c(C(F)F)n6)CC5)CCO4)c3C2=O)C(O)N1. The predicted octanol–water partition coefficient (Wildman–Crippen LogP) is 3.24. The maximum Gasteiger partial charge on any atom is 0.284 e. The van der Waals surface area contributed by atoms with E-state index in [0.29, 0.717) is 56.6 Å². The molecule has 4 N–H and O–H groups in total. The lowest BCUT2D eigenvalue weighted by atomic mass is 9.85. The number of hydrogen-bond donors (Lipinski definition) is 4. The second-order valence-corrected chi connectivity index (χ2v) is 17.9. The Labute approximate surface area is 372 Å². The van der Waals surface area contributed by atoms with Gasteiger partial charge in [-0.05, 0) is 69.1 Å². The number of amides is 4. The van der Waals surface area contributed by atoms with Crippen LogP contribution in [0.15, 0.2) is 42.9 Å². The van der Waals surface area contributed by atoms with Crippen molar-refractivity contribution in [1.82, 2.24) is 39.5 Å². The van der Waals surface area contributed by atoms with Crippen LogP contribution in [0.2, 0.25) is 0 Å². The zero-order chi connectivity index (χ0) is 44.8. The van der Waals surface area contributed by atoms with Crippen molar-refractivity contribution >= 4 is 46.5 Å². The number of rotatable bonds is 15. The summed E-state index contributed by atoms with van der Waals surface area (Å²) in [7, 11) is 0. The molecule has 8 heterocycles. The number of fused-ring (bicyclic) bond motifs is 4. The summed E-state index contributed by atoms with van der Waals surface area (Å²) in [5, 5.41) is 27.3. The Morgan fingerprint density at radius 3 is 2.68 bits per heavy atom. The van der Waals surface area contributed by atoms with Crippen LogP contribution in [-0.2, 0) is 19.0 Å². The van der Waals surface area contributed by atoms with Crippen LogP contribution in [0.5, 0.6) is 0 Å². The third-order valence-electron chi connectivity index (χ3n) is 13.6. The van der Waals surface area contributed by atoms with Gasteiger partial charge >= 0.3 is 0 Å². The molecule has 0 radical (unpaired) electrons. The van der Waals surface area contributed by atoms with Crippen LogP contribution in [0.25, 0.3) is 5.65 Å². The monoisotopic (exact) mass is 901 g/mol. The molecule has 3 aromatic heterocycles. The van der Waals surface area contributed by atoms with E-state index < -0.39 is 42.1 Å². The number of anilines is 3. The number of nitrogens with zero attached hydrogens (tertiary/aromatic N) is 8. The number of nitrogens with one attached hydrogen (secondary N) is 3. The van der Waals surface area contributed by atoms with Crippen molar-refractivity contribution in [2.45, 2.75) is 94.4 Å². The molecular weight excluding hydrogens is 849 g/mol. The number of hydrogen-bond acceptors (Lipinski definition) is 14. The molecule has 4 saturated heterocycles. The van der Waals surface area contributed by atoms with E-state index in [-0.39, 0.29) is 65.4 Å². The molecular formula is C44H53F2N11O8. The molecule has 19 nitrogen and oxygen atoms in total. The molecule has 3 unspecified atom stereocenters. The summed E-state index contributed by atoms with van der Waals surface area (Å²) in [5.41, 5.74) is 1.09. The Hall–Kier alpha value is -5.61. The first-order valence-corrected chi connectivity index (χ1v) is 22.6. The number of aliphatic hydroxyl groups is 1. The number of aromatic nitrogens is 5. The van der Waals surface area contributed by atoms with Crippen molar-refractivity contribution in [3.8, 4) is 0 Å². The fourth-order valence-electron chi connectivity index (χ4n) is 10.3. The van der Waals surface area contributed by atoms with Crippen LogP contribution in [0.4, 0.5) is 26.0 Å². The topological polar surface area (TPSA) is 210 Å². The molecule has 1 aliphatic carbocycles. The predicted molar refractivity (Wildman–Crippen MR) is 229 cm³/mol. The van der Waals surface area contributed by atoms with Gasteiger partial charge in [0.1, 0.15) is 17.6 Å². The van der Waals surface area contributed by atoms with Gasteiger partial charge in [-0.15, -0.1) is 0 Å². The third kappa shape index (κ3) is 8.78. The number of aliphatic hydroxyl groups excluding tert-OH is 1. The van der Waals surface area contributed by atoms with Gasteiger partial charge in [0.05, 0.1) is 73.2 Å². The van der Waals surface area contributed by atoms with Gasteiger partial charge in [0, 0.05) is 63.8 Å². The molecule has 5 aliphatic heterocycles. The molecule has 5 atom stereocenters. The maximum absolute atomic E-state index is 14.3. The number of morpholine rings is 2. The standard InChI is InChI=1S/C44H53F2N11O8/c45-39(46)38-33(49-41(59)31-18-48-55-13-11-35(50-40(31)55)54-21-28-17-27(54)23-65-28)22-56(52-38)26-7-5-25(6-8-26)19-53-14-16-64-29(20-53)24-63-15-2-12-47-32-4-1-3-30-37(32)44(62)57(43(30)61)34-9-10-36(58)51-42(34)60/h1,3-4,11,13,18,22,25-29,34,39,42,47,60H,2,5-10,12,14-17,19-21,23-24H2,(H,49,59)(H,51,58)/t25?,26?,27-,28-,29?,34?,42?/m1/s1. The first-order chi connectivity index (χ1) is 31.6. The minimum atomic E-state index is -2.88. The number of ether oxygens (including phenoxy) is 3. The molecule has 6 aliphatic rings. The quantitative estimate of drug-likeness (QED) is 0.0998. The van der Waals surface area contributed by atoms with Gasteiger partial charge in [-0.3, -0.25) is 33.7 Å². The van der Waals surface area contributed by atoms with Crippen molar-refractivity contribution in [2.24, 2.45) is 5.92 Å². The van der Waals surface area contributed by atoms with E-state index in [1.807, 2.05) is 6.07 Å². The molecule has 65 heavy (non-hydrogen) atoms. The largest absolute Gasteiger partial charge is 0.384 e. The van der Waals surface area contributed by atoms with Gasteiger partial charge in [0.2, 0.25) is 5.91 Å². The molecule has 2 bridgehead atoms. The lowest BCUT2D eigenvalue weighted by molar-refractivity contribution is -0.129. The van der Waals surface area contributed by atoms with Crippen molar-refractivity contribution < 1.29 is 47.3 Å². The average Bonchev–Trinajstić information content (AvgIpc) is 4.15. The molecule has 1 saturated carbocycles. The molecule has 4 amide bonds. The van der Waals surface area contributed by atoms with Crippen molar-refractivity contribution in [3.05, 3.63) is 65.2 Å². The molecule has 10 rings (SSSR count). The van der Waals surface area contributed by atoms with Crippen molar-refractivity contribution in [3.63, 3.8) is 0 Å². The fraction of sp³-hybridized carbons (Fsp3) is 0.568. The normalized spacial score (nSPS) is 27.0. The van der Waals surface area contributed by atoms with E-state index in [1.54, 1.807) is 29.1 Å². The number of benzene rings is 1. The van der Waals surface area contributed by atoms with Gasteiger partial charge in [-0.25, -0.2) is 18.3 Å². The summed E-state index contributed by atoms with van der Waals surface area (Å²) >= 11 is 0. The minimum Gasteiger partial charge on any atom is -0.384 e. The molecule has 5 fully saturated rings. The summed E-state index contributed by atoms with van der Waals surface area (Å²) in [6, 6.07) is 6.23. The van der Waals surface area contributed by atoms with E-state index in [4.69, 9.17) is 19.2 Å². The lowest BCUT2D eigenvalue weighted by Gasteiger charge is -2.37. The molecule has 21 heteroatoms. The number of piperidine rings is 1. The zero-order valence-corrected chi connectivity index (χ0v) is 35.8. The van der Waals surface area contributed by atoms with Gasteiger partial charge in [-0.2, -0.15) is 10.2 Å². The smallest absolute Gasteiger partial charge is 0.284 e. The van der Waals surface area contributed by atoms with Crippen LogP contribution in [0.1, 0.15) is 101 Å². The number of carbonyl (C=O) groups is 4. The lowest BCUT2D eigenvalue weighted by Crippen LogP contribution is -2.57. The van der Waals surface area contributed by atoms with Crippen LogP contribution >= 0.6 is 0 Å². The third-order valence-corrected chi connectivity index (χ3v) is 13.6. The summed E-state index contributed by atoms with van der Waals surface area (Å²) in [5.74, 6) is -0.737. The second-order valence-electron chi connectivity index (χ2n) is 17.9. The minimum absolute atomic E-state index is 0.0225. The second kappa shape index (κ2) is 18.3. The first-order valence-electron chi connectivity index (χ1n) is 22.6. The summed E-state index contributed by atoms with van der Waals surface area (Å²) in [4.78, 5) is 62.2. The Balaban J connectivity index is 0.664. The highest BCUT2D eigenvalue weighted by Gasteiger charge is 2.45. The van der Waals surface area contributed by atoms with Gasteiger partial charge in [0.25, 0.3) is 24.1 Å². The van der Waals surface area contributed by atoms with E-state index in [0.717, 1.165) is 69.0 Å². The number of imide groups is 1. The van der Waals surface area contributed by atoms with Crippen LogP contribution in [-0.4, -0.2) is 153 Å². The number of carbonyl (C=O) groups excluding carboxylic acids is 4. The van der Waals surface area contributed by atoms with E-state index >= 15 is 0 Å². The summed E-state index contributed by atoms with van der Waals surface area (Å²) in [6.07, 6.45) is 5.82. The number of alkyl halides is 2. The molecule has 4 aromatic rings. The van der Waals surface area contributed by atoms with Crippen LogP contribution in [0.3, 0.4) is 0 Å². The summed E-state index contributed by atoms with van der Waals surface area (Å²) in [6.45, 7) is 5.79. The Kier molecular flexibility index (Phi) is 12.2. The van der Waals surface area contributed by atoms with E-state index in [1.165, 1.54) is 16.9 Å². The zero-order valence-electron chi connectivity index (χ0n) is 35.8. The first kappa shape index (κ1) is 43.3. The fourth-order valence-corrected chi connectivity index (χ4v) is 10.3. The van der Waals surface area contributed by atoms with Gasteiger partial charge in [0.15, 0.2) is 11.3 Å². The molecule has 1 aromatic carbocycles. The molecule has 346 valence electrons. The van der Waals surface area contributed by atoms with E-state index in [9.17, 15) is 33.1 Å². The van der Waals surface area contributed by atoms with Crippen molar-refractivity contribution in [2.75, 3.05) is 74.7 Å². The van der Waals surface area contributed by atoms with Gasteiger partial charge < -0.3 is 40.2 Å². The van der Waals surface area contributed by atoms with Crippen LogP contribution in [0, 0.1) is 5.92 Å². The van der Waals surface area contributed by atoms with Crippen LogP contribution < -0.4 is 20.9 Å². The Morgan fingerprint density at radius 2 is 1.89 bits per heavy atom. The Morgan fingerprint density at radius 1 is 1.03 bits per heavy atom. The molecule has 0 spiro atoms. The average molecular weight is 902 g/mol. The highest BCUT2D eigenvalue weighted by molar-refractivity contribution is 6.24. The van der Waals surface area contributed by atoms with Crippen molar-refractivity contribution in [1.29, 1.82) is 0 Å². The van der Waals surface area contributed by atoms with Gasteiger partial charge in [-0.1, -0.05) is 6.07 Å². The summed E-state index contributed by atoms with van der Waals surface area (Å²) < 4.78 is 49.5.